The van der Waals surface area contributed by atoms with Crippen molar-refractivity contribution in [1.29, 1.82) is 0 Å². The molecule has 0 unspecified atom stereocenters. The molecule has 28 heavy (non-hydrogen) atoms. The molecule has 5 rings (SSSR count). The molecule has 4 nitrogen and oxygen atoms in total. The predicted molar refractivity (Wildman–Crippen MR) is 97.9 cm³/mol. The second-order valence-corrected chi connectivity index (χ2v) is 7.37. The number of hydrogen-bond donors (Lipinski definition) is 0. The van der Waals surface area contributed by atoms with Crippen molar-refractivity contribution in [1.82, 2.24) is 0 Å². The Morgan fingerprint density at radius 3 is 2.68 bits per heavy atom. The van der Waals surface area contributed by atoms with Crippen LogP contribution in [0.15, 0.2) is 33.5 Å². The van der Waals surface area contributed by atoms with Crippen LogP contribution in [0.3, 0.4) is 0 Å². The molecule has 0 saturated heterocycles. The van der Waals surface area contributed by atoms with Crippen molar-refractivity contribution < 1.29 is 22.7 Å². The minimum atomic E-state index is -0.940. The largest absolute Gasteiger partial charge is 0.484 e. The number of rotatable bonds is 1. The fourth-order valence-corrected chi connectivity index (χ4v) is 4.38. The number of carbonyl (C=O) groups excluding carboxylic acids is 1. The molecule has 3 aromatic rings. The van der Waals surface area contributed by atoms with Crippen LogP contribution in [0.2, 0.25) is 0 Å². The summed E-state index contributed by atoms with van der Waals surface area (Å²) >= 11 is 0. The number of Topliss-reactive ketones (excluding diaryl/α,β-unsaturated/α-hetero) is 1. The second kappa shape index (κ2) is 5.99. The summed E-state index contributed by atoms with van der Waals surface area (Å²) in [6, 6.07) is 4.79. The van der Waals surface area contributed by atoms with Gasteiger partial charge in [0.1, 0.15) is 29.1 Å². The van der Waals surface area contributed by atoms with Gasteiger partial charge in [0.15, 0.2) is 5.78 Å². The average molecular weight is 382 g/mol. The van der Waals surface area contributed by atoms with E-state index in [9.17, 15) is 18.4 Å². The molecular weight excluding hydrogens is 366 g/mol. The van der Waals surface area contributed by atoms with Gasteiger partial charge in [0.25, 0.3) is 0 Å². The molecule has 1 aliphatic carbocycles. The minimum absolute atomic E-state index is 0.00249. The summed E-state index contributed by atoms with van der Waals surface area (Å²) in [6.45, 7) is 1.75. The molecule has 0 amide bonds. The van der Waals surface area contributed by atoms with Crippen LogP contribution in [0, 0.1) is 18.6 Å². The summed E-state index contributed by atoms with van der Waals surface area (Å²) in [5, 5.41) is 0.600. The van der Waals surface area contributed by atoms with Crippen molar-refractivity contribution in [3.8, 4) is 5.75 Å². The number of ether oxygens (including phenoxy) is 1. The quantitative estimate of drug-likeness (QED) is 0.579. The first-order chi connectivity index (χ1) is 13.4. The first-order valence-corrected chi connectivity index (χ1v) is 9.21. The number of ketones is 1. The van der Waals surface area contributed by atoms with Gasteiger partial charge < -0.3 is 9.15 Å². The lowest BCUT2D eigenvalue weighted by molar-refractivity contribution is 0.0847. The second-order valence-electron chi connectivity index (χ2n) is 7.37. The van der Waals surface area contributed by atoms with Crippen LogP contribution in [-0.4, -0.2) is 5.78 Å². The third kappa shape index (κ3) is 2.40. The van der Waals surface area contributed by atoms with E-state index in [0.29, 0.717) is 46.3 Å². The standard InChI is InChI=1S/C22H16F2O4/c1-10-7-18-20(12-3-2-4-13(12)22(26)28-18)21-19(10)16(25)9-17(27-21)14-8-11(23)5-6-15(14)24/h5-8,17H,2-4,9H2,1H3/t17-/m0/s1. The first-order valence-electron chi connectivity index (χ1n) is 9.21. The maximum atomic E-state index is 14.3. The molecule has 2 heterocycles. The Kier molecular flexibility index (Phi) is 3.66. The molecular formula is C22H16F2O4. The molecule has 0 spiro atoms. The van der Waals surface area contributed by atoms with Gasteiger partial charge in [-0.25, -0.2) is 13.6 Å². The molecule has 0 N–H and O–H groups in total. The number of aryl methyl sites for hydroxylation is 2. The topological polar surface area (TPSA) is 56.5 Å². The molecule has 0 saturated carbocycles. The summed E-state index contributed by atoms with van der Waals surface area (Å²) in [5.74, 6) is -1.12. The van der Waals surface area contributed by atoms with E-state index in [-0.39, 0.29) is 23.4 Å². The van der Waals surface area contributed by atoms with E-state index in [1.54, 1.807) is 13.0 Å². The van der Waals surface area contributed by atoms with Crippen molar-refractivity contribution in [2.75, 3.05) is 0 Å². The van der Waals surface area contributed by atoms with Gasteiger partial charge in [-0.2, -0.15) is 0 Å². The summed E-state index contributed by atoms with van der Waals surface area (Å²) in [5.41, 5.74) is 2.48. The summed E-state index contributed by atoms with van der Waals surface area (Å²) in [7, 11) is 0. The zero-order chi connectivity index (χ0) is 19.6. The van der Waals surface area contributed by atoms with E-state index in [0.717, 1.165) is 30.2 Å². The van der Waals surface area contributed by atoms with E-state index in [1.165, 1.54) is 0 Å². The van der Waals surface area contributed by atoms with Crippen molar-refractivity contribution in [2.45, 2.75) is 38.7 Å². The normalized spacial score (nSPS) is 18.1. The molecule has 0 fully saturated rings. The van der Waals surface area contributed by atoms with Crippen molar-refractivity contribution >= 4 is 16.8 Å². The van der Waals surface area contributed by atoms with Gasteiger partial charge in [0.2, 0.25) is 0 Å². The third-order valence-corrected chi connectivity index (χ3v) is 5.63. The van der Waals surface area contributed by atoms with Crippen LogP contribution in [-0.2, 0) is 12.8 Å². The fourth-order valence-electron chi connectivity index (χ4n) is 4.38. The maximum absolute atomic E-state index is 14.3. The third-order valence-electron chi connectivity index (χ3n) is 5.63. The van der Waals surface area contributed by atoms with Crippen molar-refractivity contribution in [3.63, 3.8) is 0 Å². The van der Waals surface area contributed by atoms with Gasteiger partial charge in [-0.05, 0) is 61.6 Å². The van der Waals surface area contributed by atoms with Gasteiger partial charge in [-0.1, -0.05) is 0 Å². The zero-order valence-corrected chi connectivity index (χ0v) is 15.1. The number of fused-ring (bicyclic) bond motifs is 5. The van der Waals surface area contributed by atoms with E-state index in [2.05, 4.69) is 0 Å². The van der Waals surface area contributed by atoms with E-state index in [1.807, 2.05) is 0 Å². The van der Waals surface area contributed by atoms with E-state index in [4.69, 9.17) is 9.15 Å². The molecule has 0 radical (unpaired) electrons. The van der Waals surface area contributed by atoms with Gasteiger partial charge >= 0.3 is 5.63 Å². The Morgan fingerprint density at radius 2 is 1.86 bits per heavy atom. The van der Waals surface area contributed by atoms with Gasteiger partial charge in [0, 0.05) is 11.1 Å². The molecule has 1 atom stereocenters. The van der Waals surface area contributed by atoms with Crippen LogP contribution in [0.4, 0.5) is 8.78 Å². The van der Waals surface area contributed by atoms with Crippen molar-refractivity contribution in [3.05, 3.63) is 74.1 Å². The summed E-state index contributed by atoms with van der Waals surface area (Å²) in [6.07, 6.45) is 1.09. The Balaban J connectivity index is 1.77. The molecule has 6 heteroatoms. The highest BCUT2D eigenvalue weighted by Gasteiger charge is 2.34. The van der Waals surface area contributed by atoms with Crippen LogP contribution in [0.25, 0.3) is 11.0 Å². The van der Waals surface area contributed by atoms with Crippen molar-refractivity contribution in [2.24, 2.45) is 0 Å². The summed E-state index contributed by atoms with van der Waals surface area (Å²) < 4.78 is 39.6. The highest BCUT2D eigenvalue weighted by Crippen LogP contribution is 2.44. The lowest BCUT2D eigenvalue weighted by Gasteiger charge is -2.28. The minimum Gasteiger partial charge on any atom is -0.484 e. The van der Waals surface area contributed by atoms with Crippen LogP contribution >= 0.6 is 0 Å². The fraction of sp³-hybridized carbons (Fsp3) is 0.273. The highest BCUT2D eigenvalue weighted by molar-refractivity contribution is 6.07. The first kappa shape index (κ1) is 17.1. The summed E-state index contributed by atoms with van der Waals surface area (Å²) in [4.78, 5) is 25.2. The maximum Gasteiger partial charge on any atom is 0.339 e. The number of carbonyl (C=O) groups is 1. The monoisotopic (exact) mass is 382 g/mol. The van der Waals surface area contributed by atoms with Crippen LogP contribution in [0.5, 0.6) is 5.75 Å². The SMILES string of the molecule is Cc1cc2oc(=O)c3c(c2c2c1C(=O)C[C@@H](c1cc(F)ccc1F)O2)CCC3. The van der Waals surface area contributed by atoms with Gasteiger partial charge in [-0.15, -0.1) is 0 Å². The van der Waals surface area contributed by atoms with Crippen LogP contribution in [0.1, 0.15) is 51.6 Å². The smallest absolute Gasteiger partial charge is 0.339 e. The molecule has 2 aliphatic rings. The predicted octanol–water partition coefficient (Wildman–Crippen LogP) is 4.57. The average Bonchev–Trinajstić information content (AvgIpc) is 3.13. The number of halogens is 2. The lowest BCUT2D eigenvalue weighted by Crippen LogP contribution is -2.23. The Morgan fingerprint density at radius 1 is 1.07 bits per heavy atom. The highest BCUT2D eigenvalue weighted by atomic mass is 19.1. The Hall–Kier alpha value is -3.02. The Labute approximate surface area is 158 Å². The number of benzene rings is 2. The van der Waals surface area contributed by atoms with Crippen LogP contribution < -0.4 is 10.4 Å². The molecule has 1 aromatic heterocycles. The lowest BCUT2D eigenvalue weighted by atomic mass is 9.90. The molecule has 2 aromatic carbocycles. The van der Waals surface area contributed by atoms with E-state index < -0.39 is 17.7 Å². The molecule has 1 aliphatic heterocycles. The molecule has 0 bridgehead atoms. The van der Waals surface area contributed by atoms with E-state index >= 15 is 0 Å². The van der Waals surface area contributed by atoms with Gasteiger partial charge in [0.05, 0.1) is 17.4 Å². The zero-order valence-electron chi connectivity index (χ0n) is 15.1. The molecule has 142 valence electrons. The number of hydrogen-bond acceptors (Lipinski definition) is 4. The van der Waals surface area contributed by atoms with Gasteiger partial charge in [-0.3, -0.25) is 4.79 Å². The Bertz CT molecular complexity index is 1230.